The Kier molecular flexibility index (Phi) is 10.0. The Morgan fingerprint density at radius 2 is 1.89 bits per heavy atom. The number of alkyl halides is 3. The van der Waals surface area contributed by atoms with Gasteiger partial charge in [0.15, 0.2) is 0 Å². The second-order valence-corrected chi connectivity index (χ2v) is 8.40. The van der Waals surface area contributed by atoms with Crippen LogP contribution >= 0.6 is 7.82 Å². The van der Waals surface area contributed by atoms with E-state index in [1.54, 1.807) is 0 Å². The third kappa shape index (κ3) is 7.08. The SMILES string of the molecule is O=C1O[C@@H](COP(=O)([O-])O)CN1c1ccc2cc(-c3ccccc3C(F)(F)F)[nH]c(=O)c2c1.[K+].[V]. The first-order chi connectivity index (χ1) is 15.4. The minimum atomic E-state index is -4.99. The zero-order valence-corrected chi connectivity index (χ0v) is 23.4. The van der Waals surface area contributed by atoms with Gasteiger partial charge in [0, 0.05) is 40.9 Å². The molecule has 1 aliphatic heterocycles. The van der Waals surface area contributed by atoms with Crippen LogP contribution < -0.4 is 66.7 Å². The second-order valence-electron chi connectivity index (χ2n) is 7.21. The van der Waals surface area contributed by atoms with Crippen molar-refractivity contribution >= 4 is 30.4 Å². The van der Waals surface area contributed by atoms with E-state index in [0.29, 0.717) is 5.39 Å². The molecule has 35 heavy (non-hydrogen) atoms. The predicted octanol–water partition coefficient (Wildman–Crippen LogP) is 0.0179. The molecule has 0 aliphatic carbocycles. The largest absolute Gasteiger partial charge is 1.00 e. The number of phosphoric acid groups is 1. The summed E-state index contributed by atoms with van der Waals surface area (Å²) in [5.74, 6) is 0. The first kappa shape index (κ1) is 30.3. The molecule has 2 atom stereocenters. The summed E-state index contributed by atoms with van der Waals surface area (Å²) >= 11 is 0. The van der Waals surface area contributed by atoms with Gasteiger partial charge in [-0.05, 0) is 29.7 Å². The molecule has 0 bridgehead atoms. The summed E-state index contributed by atoms with van der Waals surface area (Å²) in [6.45, 7) is -0.699. The van der Waals surface area contributed by atoms with Crippen LogP contribution in [0.2, 0.25) is 0 Å². The maximum Gasteiger partial charge on any atom is 1.00 e. The number of aromatic amines is 1. The molecule has 1 aromatic heterocycles. The molecule has 1 fully saturated rings. The zero-order valence-electron chi connectivity index (χ0n) is 18.0. The number of amides is 1. The number of carbonyl (C=O) groups excluding carboxylic acids is 1. The third-order valence-electron chi connectivity index (χ3n) is 4.96. The first-order valence-electron chi connectivity index (χ1n) is 9.42. The number of aromatic nitrogens is 1. The number of carbonyl (C=O) groups is 1. The van der Waals surface area contributed by atoms with Gasteiger partial charge in [-0.1, -0.05) is 24.3 Å². The monoisotopic (exact) mass is 573 g/mol. The number of hydrogen-bond donors (Lipinski definition) is 2. The van der Waals surface area contributed by atoms with Crippen LogP contribution in [0.4, 0.5) is 23.7 Å². The number of nitrogens with one attached hydrogen (secondary N) is 1. The summed E-state index contributed by atoms with van der Waals surface area (Å²) in [5, 5.41) is 0.460. The van der Waals surface area contributed by atoms with Crippen LogP contribution in [0.25, 0.3) is 22.0 Å². The van der Waals surface area contributed by atoms with Crippen LogP contribution in [-0.4, -0.2) is 35.2 Å². The van der Waals surface area contributed by atoms with E-state index in [1.807, 2.05) is 0 Å². The molecule has 2 N–H and O–H groups in total. The van der Waals surface area contributed by atoms with E-state index in [2.05, 4.69) is 9.51 Å². The Hall–Kier alpha value is -0.959. The number of ether oxygens (including phenoxy) is 1. The van der Waals surface area contributed by atoms with Crippen LogP contribution in [0.1, 0.15) is 5.56 Å². The van der Waals surface area contributed by atoms with Crippen molar-refractivity contribution < 1.29 is 112 Å². The molecule has 1 amide bonds. The molecule has 0 spiro atoms. The zero-order chi connectivity index (χ0) is 24.0. The minimum absolute atomic E-state index is 0. The van der Waals surface area contributed by atoms with Gasteiger partial charge < -0.3 is 24.0 Å². The van der Waals surface area contributed by atoms with Crippen molar-refractivity contribution in [2.45, 2.75) is 12.3 Å². The number of anilines is 1. The summed E-state index contributed by atoms with van der Waals surface area (Å²) < 4.78 is 60.0. The Balaban J connectivity index is 0.00000216. The van der Waals surface area contributed by atoms with Crippen molar-refractivity contribution in [2.75, 3.05) is 18.1 Å². The first-order valence-corrected chi connectivity index (χ1v) is 10.9. The average Bonchev–Trinajstić information content (AvgIpc) is 3.11. The normalized spacial score (nSPS) is 17.3. The number of benzene rings is 2. The molecule has 15 heteroatoms. The van der Waals surface area contributed by atoms with E-state index < -0.39 is 43.9 Å². The van der Waals surface area contributed by atoms with Gasteiger partial charge in [-0.2, -0.15) is 13.2 Å². The molecular formula is C20H15F3KN2O7PV. The number of nitrogens with zero attached hydrogens (tertiary/aromatic N) is 1. The van der Waals surface area contributed by atoms with Gasteiger partial charge in [0.1, 0.15) is 6.10 Å². The number of H-pyrrole nitrogens is 1. The maximum atomic E-state index is 13.4. The van der Waals surface area contributed by atoms with Crippen molar-refractivity contribution in [1.82, 2.24) is 4.98 Å². The van der Waals surface area contributed by atoms with Gasteiger partial charge in [-0.3, -0.25) is 14.3 Å². The number of hydrogen-bond acceptors (Lipinski definition) is 6. The van der Waals surface area contributed by atoms with Crippen molar-refractivity contribution in [3.05, 3.63) is 64.4 Å². The van der Waals surface area contributed by atoms with Crippen LogP contribution in [0.5, 0.6) is 0 Å². The molecule has 4 rings (SSSR count). The second kappa shape index (κ2) is 11.6. The van der Waals surface area contributed by atoms with Crippen molar-refractivity contribution in [3.8, 4) is 11.3 Å². The fourth-order valence-electron chi connectivity index (χ4n) is 3.52. The molecule has 1 aliphatic rings. The number of cyclic esters (lactones) is 1. The molecule has 2 heterocycles. The van der Waals surface area contributed by atoms with Crippen LogP contribution in [0, 0.1) is 0 Å². The average molecular weight is 573 g/mol. The minimum Gasteiger partial charge on any atom is -0.756 e. The van der Waals surface area contributed by atoms with E-state index in [9.17, 15) is 32.2 Å². The summed E-state index contributed by atoms with van der Waals surface area (Å²) in [7, 11) is -4.99. The van der Waals surface area contributed by atoms with E-state index >= 15 is 0 Å². The van der Waals surface area contributed by atoms with Crippen molar-refractivity contribution in [2.24, 2.45) is 0 Å². The topological polar surface area (TPSA) is 132 Å². The molecule has 1 saturated heterocycles. The standard InChI is InChI=1S/C20H16F3N2O7P.K.V/c21-20(22,23)16-4-2-1-3-14(16)17-7-11-5-6-12(8-15(11)18(26)24-17)25-9-13(32-19(25)27)10-31-33(28,29)30;;/h1-8,13H,9-10H2,(H,24,26)(H2,28,29,30);;/q;+1;/p-1/t13-;;/m1../s1. The van der Waals surface area contributed by atoms with Crippen molar-refractivity contribution in [1.29, 1.82) is 0 Å². The van der Waals surface area contributed by atoms with E-state index in [4.69, 9.17) is 9.63 Å². The smallest absolute Gasteiger partial charge is 0.756 e. The van der Waals surface area contributed by atoms with E-state index in [1.165, 1.54) is 42.5 Å². The molecule has 1 radical (unpaired) electrons. The number of fused-ring (bicyclic) bond motifs is 1. The van der Waals surface area contributed by atoms with Crippen LogP contribution in [0.3, 0.4) is 0 Å². The summed E-state index contributed by atoms with van der Waals surface area (Å²) in [6, 6.07) is 10.6. The molecule has 1 unspecified atom stereocenters. The van der Waals surface area contributed by atoms with Crippen LogP contribution in [0.15, 0.2) is 53.3 Å². The Bertz CT molecular complexity index is 1350. The fourth-order valence-corrected chi connectivity index (χ4v) is 3.88. The molecular weight excluding hydrogens is 558 g/mol. The fraction of sp³-hybridized carbons (Fsp3) is 0.200. The summed E-state index contributed by atoms with van der Waals surface area (Å²) in [4.78, 5) is 47.8. The number of phosphoric ester groups is 1. The van der Waals surface area contributed by atoms with Crippen LogP contribution in [-0.2, 0) is 38.6 Å². The van der Waals surface area contributed by atoms with E-state index in [-0.39, 0.29) is 98.8 Å². The molecule has 179 valence electrons. The Labute approximate surface area is 250 Å². The Morgan fingerprint density at radius 3 is 2.54 bits per heavy atom. The molecule has 0 saturated carbocycles. The number of rotatable bonds is 5. The maximum absolute atomic E-state index is 13.4. The van der Waals surface area contributed by atoms with E-state index in [0.717, 1.165) is 11.0 Å². The van der Waals surface area contributed by atoms with Gasteiger partial charge in [0.2, 0.25) is 0 Å². The van der Waals surface area contributed by atoms with Gasteiger partial charge >= 0.3 is 63.7 Å². The molecule has 3 aromatic rings. The van der Waals surface area contributed by atoms with Gasteiger partial charge in [-0.25, -0.2) is 4.79 Å². The predicted molar refractivity (Wildman–Crippen MR) is 108 cm³/mol. The Morgan fingerprint density at radius 1 is 1.20 bits per heavy atom. The number of halogens is 3. The summed E-state index contributed by atoms with van der Waals surface area (Å²) in [5.41, 5.74) is -1.51. The molecule has 9 nitrogen and oxygen atoms in total. The molecule has 2 aromatic carbocycles. The van der Waals surface area contributed by atoms with Gasteiger partial charge in [-0.15, -0.1) is 0 Å². The van der Waals surface area contributed by atoms with Crippen molar-refractivity contribution in [3.63, 3.8) is 0 Å². The van der Waals surface area contributed by atoms with Gasteiger partial charge in [0.25, 0.3) is 13.4 Å². The number of pyridine rings is 1. The quantitative estimate of drug-likeness (QED) is 0.325. The van der Waals surface area contributed by atoms with Gasteiger partial charge in [0.05, 0.1) is 18.7 Å². The third-order valence-corrected chi connectivity index (χ3v) is 5.44. The summed E-state index contributed by atoms with van der Waals surface area (Å²) in [6.07, 6.45) is -6.42.